The first-order chi connectivity index (χ1) is 7.81. The molecule has 1 unspecified atom stereocenters. The largest absolute Gasteiger partial charge is 0.396 e. The summed E-state index contributed by atoms with van der Waals surface area (Å²) in [4.78, 5) is 23.0. The number of aliphatic hydroxyl groups is 1. The molecule has 1 atom stereocenters. The summed E-state index contributed by atoms with van der Waals surface area (Å²) in [5.74, 6) is -0.370. The summed E-state index contributed by atoms with van der Waals surface area (Å²) in [6.45, 7) is 7.35. The molecule has 0 rings (SSSR count). The van der Waals surface area contributed by atoms with Crippen LogP contribution < -0.4 is 10.6 Å². The van der Waals surface area contributed by atoms with Gasteiger partial charge < -0.3 is 15.7 Å². The fourth-order valence-electron chi connectivity index (χ4n) is 1.24. The maximum absolute atomic E-state index is 11.5. The Morgan fingerprint density at radius 3 is 2.29 bits per heavy atom. The first-order valence-electron chi connectivity index (χ1n) is 5.99. The number of carbonyl (C=O) groups excluding carboxylic acids is 2. The molecule has 0 aliphatic rings. The second-order valence-corrected chi connectivity index (χ2v) is 5.12. The first-order valence-corrected chi connectivity index (χ1v) is 5.99. The highest BCUT2D eigenvalue weighted by Gasteiger charge is 2.21. The standard InChI is InChI=1S/C12H24N2O3/c1-5-9(6-7-15)14-10(16)8-13-11(17)12(2,3)4/h9,15H,5-8H2,1-4H3,(H,13,17)(H,14,16). The van der Waals surface area contributed by atoms with Gasteiger partial charge in [-0.15, -0.1) is 0 Å². The molecular weight excluding hydrogens is 220 g/mol. The quantitative estimate of drug-likeness (QED) is 0.634. The highest BCUT2D eigenvalue weighted by molar-refractivity contribution is 5.87. The lowest BCUT2D eigenvalue weighted by Gasteiger charge is -2.19. The Hall–Kier alpha value is -1.10. The van der Waals surface area contributed by atoms with Crippen LogP contribution in [0.1, 0.15) is 40.5 Å². The van der Waals surface area contributed by atoms with E-state index >= 15 is 0 Å². The zero-order chi connectivity index (χ0) is 13.5. The number of nitrogens with one attached hydrogen (secondary N) is 2. The van der Waals surface area contributed by atoms with Gasteiger partial charge in [0.2, 0.25) is 11.8 Å². The number of amides is 2. The van der Waals surface area contributed by atoms with E-state index in [0.717, 1.165) is 6.42 Å². The third-order valence-electron chi connectivity index (χ3n) is 2.43. The average Bonchev–Trinajstić information content (AvgIpc) is 2.23. The van der Waals surface area contributed by atoms with Gasteiger partial charge in [-0.05, 0) is 12.8 Å². The molecular formula is C12H24N2O3. The Balaban J connectivity index is 3.98. The van der Waals surface area contributed by atoms with Crippen molar-refractivity contribution < 1.29 is 14.7 Å². The van der Waals surface area contributed by atoms with Crippen molar-refractivity contribution in [2.75, 3.05) is 13.2 Å². The van der Waals surface area contributed by atoms with E-state index in [9.17, 15) is 9.59 Å². The van der Waals surface area contributed by atoms with E-state index in [1.54, 1.807) is 20.8 Å². The lowest BCUT2D eigenvalue weighted by Crippen LogP contribution is -2.44. The molecule has 0 saturated carbocycles. The van der Waals surface area contributed by atoms with Crippen molar-refractivity contribution in [2.24, 2.45) is 5.41 Å². The molecule has 17 heavy (non-hydrogen) atoms. The van der Waals surface area contributed by atoms with Crippen molar-refractivity contribution >= 4 is 11.8 Å². The highest BCUT2D eigenvalue weighted by atomic mass is 16.3. The second-order valence-electron chi connectivity index (χ2n) is 5.12. The minimum absolute atomic E-state index is 0.0158. The predicted octanol–water partition coefficient (Wildman–Crippen LogP) is 0.426. The molecule has 0 spiro atoms. The van der Waals surface area contributed by atoms with Crippen LogP contribution in [-0.2, 0) is 9.59 Å². The molecule has 0 bridgehead atoms. The molecule has 0 fully saturated rings. The highest BCUT2D eigenvalue weighted by Crippen LogP contribution is 2.11. The molecule has 0 saturated heterocycles. The number of hydrogen-bond donors (Lipinski definition) is 3. The molecule has 0 aliphatic carbocycles. The van der Waals surface area contributed by atoms with Crippen LogP contribution in [0.4, 0.5) is 0 Å². The number of rotatable bonds is 6. The molecule has 0 aromatic heterocycles. The van der Waals surface area contributed by atoms with Crippen LogP contribution in [-0.4, -0.2) is 36.1 Å². The lowest BCUT2D eigenvalue weighted by atomic mass is 9.96. The normalized spacial score (nSPS) is 13.0. The van der Waals surface area contributed by atoms with E-state index in [2.05, 4.69) is 10.6 Å². The van der Waals surface area contributed by atoms with Gasteiger partial charge in [0.25, 0.3) is 0 Å². The van der Waals surface area contributed by atoms with E-state index in [0.29, 0.717) is 6.42 Å². The number of carbonyl (C=O) groups is 2. The van der Waals surface area contributed by atoms with Gasteiger partial charge in [0.1, 0.15) is 0 Å². The molecule has 100 valence electrons. The van der Waals surface area contributed by atoms with Crippen LogP contribution >= 0.6 is 0 Å². The second kappa shape index (κ2) is 7.27. The van der Waals surface area contributed by atoms with Crippen LogP contribution in [0.5, 0.6) is 0 Å². The minimum Gasteiger partial charge on any atom is -0.396 e. The Morgan fingerprint density at radius 1 is 1.29 bits per heavy atom. The monoisotopic (exact) mass is 244 g/mol. The van der Waals surface area contributed by atoms with Crippen molar-refractivity contribution in [3.63, 3.8) is 0 Å². The van der Waals surface area contributed by atoms with Gasteiger partial charge in [0.05, 0.1) is 6.54 Å². The molecule has 0 aromatic rings. The Morgan fingerprint density at radius 2 is 1.88 bits per heavy atom. The third kappa shape index (κ3) is 6.94. The minimum atomic E-state index is -0.491. The zero-order valence-electron chi connectivity index (χ0n) is 11.2. The van der Waals surface area contributed by atoms with E-state index in [1.807, 2.05) is 6.92 Å². The predicted molar refractivity (Wildman–Crippen MR) is 66.4 cm³/mol. The van der Waals surface area contributed by atoms with Crippen LogP contribution in [0.3, 0.4) is 0 Å². The molecule has 2 amide bonds. The summed E-state index contributed by atoms with van der Waals surface area (Å²) in [5.41, 5.74) is -0.491. The van der Waals surface area contributed by atoms with Gasteiger partial charge in [-0.2, -0.15) is 0 Å². The number of aliphatic hydroxyl groups excluding tert-OH is 1. The van der Waals surface area contributed by atoms with Crippen molar-refractivity contribution in [3.8, 4) is 0 Å². The van der Waals surface area contributed by atoms with Crippen LogP contribution in [0.15, 0.2) is 0 Å². The summed E-state index contributed by atoms with van der Waals surface area (Å²) in [6, 6.07) is -0.0287. The van der Waals surface area contributed by atoms with Crippen LogP contribution in [0.25, 0.3) is 0 Å². The Kier molecular flexibility index (Phi) is 6.80. The molecule has 5 nitrogen and oxygen atoms in total. The van der Waals surface area contributed by atoms with Gasteiger partial charge in [-0.3, -0.25) is 9.59 Å². The summed E-state index contributed by atoms with van der Waals surface area (Å²) in [6.07, 6.45) is 1.30. The van der Waals surface area contributed by atoms with Crippen molar-refractivity contribution in [2.45, 2.75) is 46.6 Å². The van der Waals surface area contributed by atoms with Crippen LogP contribution in [0.2, 0.25) is 0 Å². The van der Waals surface area contributed by atoms with E-state index in [-0.39, 0.29) is 31.0 Å². The average molecular weight is 244 g/mol. The fourth-order valence-corrected chi connectivity index (χ4v) is 1.24. The van der Waals surface area contributed by atoms with E-state index < -0.39 is 5.41 Å². The molecule has 0 aromatic carbocycles. The first kappa shape index (κ1) is 15.9. The Bertz CT molecular complexity index is 259. The van der Waals surface area contributed by atoms with Crippen molar-refractivity contribution in [1.82, 2.24) is 10.6 Å². The molecule has 0 heterocycles. The maximum atomic E-state index is 11.5. The van der Waals surface area contributed by atoms with E-state index in [4.69, 9.17) is 5.11 Å². The van der Waals surface area contributed by atoms with Gasteiger partial charge in [-0.1, -0.05) is 27.7 Å². The smallest absolute Gasteiger partial charge is 0.239 e. The summed E-state index contributed by atoms with van der Waals surface area (Å²) in [5, 5.41) is 14.1. The van der Waals surface area contributed by atoms with E-state index in [1.165, 1.54) is 0 Å². The van der Waals surface area contributed by atoms with Crippen molar-refractivity contribution in [1.29, 1.82) is 0 Å². The fraction of sp³-hybridized carbons (Fsp3) is 0.833. The molecule has 5 heteroatoms. The molecule has 0 aliphatic heterocycles. The number of hydrogen-bond acceptors (Lipinski definition) is 3. The van der Waals surface area contributed by atoms with Crippen molar-refractivity contribution in [3.05, 3.63) is 0 Å². The third-order valence-corrected chi connectivity index (χ3v) is 2.43. The topological polar surface area (TPSA) is 78.4 Å². The Labute approximate surface area is 103 Å². The zero-order valence-corrected chi connectivity index (χ0v) is 11.2. The van der Waals surface area contributed by atoms with Gasteiger partial charge in [0.15, 0.2) is 0 Å². The SMILES string of the molecule is CCC(CCO)NC(=O)CNC(=O)C(C)(C)C. The molecule has 0 radical (unpaired) electrons. The summed E-state index contributed by atoms with van der Waals surface area (Å²) in [7, 11) is 0. The lowest BCUT2D eigenvalue weighted by molar-refractivity contribution is -0.131. The van der Waals surface area contributed by atoms with Gasteiger partial charge in [-0.25, -0.2) is 0 Å². The van der Waals surface area contributed by atoms with Crippen LogP contribution in [0, 0.1) is 5.41 Å². The maximum Gasteiger partial charge on any atom is 0.239 e. The molecule has 3 N–H and O–H groups in total. The summed E-state index contributed by atoms with van der Waals surface area (Å²) >= 11 is 0. The van der Waals surface area contributed by atoms with Gasteiger partial charge in [0, 0.05) is 18.1 Å². The summed E-state index contributed by atoms with van der Waals surface area (Å²) < 4.78 is 0. The van der Waals surface area contributed by atoms with Gasteiger partial charge >= 0.3 is 0 Å².